The van der Waals surface area contributed by atoms with Gasteiger partial charge in [-0.3, -0.25) is 4.79 Å². The highest BCUT2D eigenvalue weighted by Gasteiger charge is 2.35. The lowest BCUT2D eigenvalue weighted by molar-refractivity contribution is -0.156. The molecule has 0 bridgehead atoms. The molecule has 5 nitrogen and oxygen atoms in total. The average molecular weight is 461 g/mol. The van der Waals surface area contributed by atoms with Crippen LogP contribution < -0.4 is 4.74 Å². The molecule has 31 heavy (non-hydrogen) atoms. The van der Waals surface area contributed by atoms with Crippen molar-refractivity contribution in [2.75, 3.05) is 0 Å². The fraction of sp³-hybridized carbons (Fsp3) is 0.375. The first-order chi connectivity index (χ1) is 14.7. The quantitative estimate of drug-likeness (QED) is 0.382. The zero-order valence-electron chi connectivity index (χ0n) is 18.0. The van der Waals surface area contributed by atoms with Gasteiger partial charge in [0.15, 0.2) is 0 Å². The van der Waals surface area contributed by atoms with Crippen LogP contribution in [0.1, 0.15) is 39.5 Å². The van der Waals surface area contributed by atoms with E-state index in [2.05, 4.69) is 4.98 Å². The number of hydrogen-bond acceptors (Lipinski definition) is 5. The fourth-order valence-electron chi connectivity index (χ4n) is 3.32. The zero-order valence-corrected chi connectivity index (χ0v) is 19.5. The molecule has 164 valence electrons. The third kappa shape index (κ3) is 7.27. The van der Waals surface area contributed by atoms with E-state index in [1.54, 1.807) is 36.4 Å². The number of pyridine rings is 1. The van der Waals surface area contributed by atoms with E-state index in [0.717, 1.165) is 0 Å². The van der Waals surface area contributed by atoms with Crippen molar-refractivity contribution in [3.63, 3.8) is 0 Å². The minimum absolute atomic E-state index is 0.0520. The highest BCUT2D eigenvalue weighted by molar-refractivity contribution is 6.55. The number of nitrogens with zero attached hydrogens (tertiary/aromatic N) is 2. The molecule has 0 aliphatic rings. The number of benzene rings is 1. The van der Waals surface area contributed by atoms with E-state index in [1.807, 2.05) is 52.0 Å². The molecule has 1 aromatic carbocycles. The van der Waals surface area contributed by atoms with Crippen LogP contribution in [0.5, 0.6) is 11.6 Å². The smallest absolute Gasteiger partial charge is 0.311 e. The summed E-state index contributed by atoms with van der Waals surface area (Å²) in [4.78, 5) is 17.4. The molecule has 0 spiro atoms. The molecule has 3 atom stereocenters. The Kier molecular flexibility index (Phi) is 9.36. The summed E-state index contributed by atoms with van der Waals surface area (Å²) in [6.07, 6.45) is 0.490. The first-order valence-corrected chi connectivity index (χ1v) is 10.8. The molecular formula is C24H26Cl2N2O3. The Bertz CT molecular complexity index is 935. The molecule has 0 aliphatic heterocycles. The van der Waals surface area contributed by atoms with Gasteiger partial charge in [0.2, 0.25) is 12.0 Å². The van der Waals surface area contributed by atoms with Crippen molar-refractivity contribution in [1.29, 1.82) is 5.26 Å². The van der Waals surface area contributed by atoms with Gasteiger partial charge in [-0.1, -0.05) is 75.2 Å². The molecule has 0 radical (unpaired) electrons. The Hall–Kier alpha value is -2.55. The van der Waals surface area contributed by atoms with E-state index in [-0.39, 0.29) is 22.2 Å². The minimum Gasteiger partial charge on any atom is -0.440 e. The predicted molar refractivity (Wildman–Crippen MR) is 122 cm³/mol. The molecule has 0 amide bonds. The number of hydrogen-bond donors (Lipinski definition) is 0. The van der Waals surface area contributed by atoms with Crippen molar-refractivity contribution in [3.8, 4) is 17.7 Å². The van der Waals surface area contributed by atoms with Gasteiger partial charge in [-0.25, -0.2) is 4.98 Å². The summed E-state index contributed by atoms with van der Waals surface area (Å²) in [5, 5.41) is 9.66. The molecule has 0 saturated heterocycles. The summed E-state index contributed by atoms with van der Waals surface area (Å²) in [5.41, 5.74) is 0.291. The van der Waals surface area contributed by atoms with E-state index < -0.39 is 18.0 Å². The van der Waals surface area contributed by atoms with Crippen LogP contribution in [-0.2, 0) is 9.53 Å². The van der Waals surface area contributed by atoms with Crippen molar-refractivity contribution in [2.45, 2.75) is 33.8 Å². The number of ether oxygens (including phenoxy) is 2. The van der Waals surface area contributed by atoms with E-state index in [0.29, 0.717) is 17.3 Å². The molecule has 0 N–H and O–H groups in total. The highest BCUT2D eigenvalue weighted by atomic mass is 35.5. The second kappa shape index (κ2) is 11.7. The molecule has 1 aromatic heterocycles. The fourth-order valence-corrected chi connectivity index (χ4v) is 3.61. The maximum Gasteiger partial charge on any atom is 0.311 e. The van der Waals surface area contributed by atoms with Crippen LogP contribution in [0, 0.1) is 35.0 Å². The van der Waals surface area contributed by atoms with Gasteiger partial charge in [0, 0.05) is 6.07 Å². The summed E-state index contributed by atoms with van der Waals surface area (Å²) in [6.45, 7) is 7.80. The number of carbonyl (C=O) groups is 1. The molecule has 3 unspecified atom stereocenters. The number of halogens is 2. The van der Waals surface area contributed by atoms with E-state index in [1.165, 1.54) is 0 Å². The van der Waals surface area contributed by atoms with Crippen LogP contribution in [-0.4, -0.2) is 11.0 Å². The predicted octanol–water partition coefficient (Wildman–Crippen LogP) is 6.85. The van der Waals surface area contributed by atoms with Crippen molar-refractivity contribution in [3.05, 3.63) is 64.8 Å². The number of rotatable bonds is 9. The van der Waals surface area contributed by atoms with Gasteiger partial charge in [-0.15, -0.1) is 0 Å². The number of allylic oxidation sites excluding steroid dienone is 1. The Balaban J connectivity index is 2.24. The SMILES string of the molecule is CC(C)C(C=C(Cl)Cl)C(C(=O)OC(C#N)c1cccc(Oc2ccccc2)n1)C(C)C. The summed E-state index contributed by atoms with van der Waals surface area (Å²) in [7, 11) is 0. The third-order valence-electron chi connectivity index (χ3n) is 4.82. The Morgan fingerprint density at radius 3 is 2.26 bits per heavy atom. The van der Waals surface area contributed by atoms with E-state index in [4.69, 9.17) is 32.7 Å². The average Bonchev–Trinajstić information content (AvgIpc) is 2.71. The van der Waals surface area contributed by atoms with Crippen LogP contribution in [0.4, 0.5) is 0 Å². The maximum atomic E-state index is 13.1. The van der Waals surface area contributed by atoms with Gasteiger partial charge >= 0.3 is 5.97 Å². The Morgan fingerprint density at radius 2 is 1.71 bits per heavy atom. The molecule has 0 fully saturated rings. The second-order valence-electron chi connectivity index (χ2n) is 7.81. The van der Waals surface area contributed by atoms with Crippen LogP contribution >= 0.6 is 23.2 Å². The second-order valence-corrected chi connectivity index (χ2v) is 8.82. The van der Waals surface area contributed by atoms with Crippen LogP contribution in [0.2, 0.25) is 0 Å². The lowest BCUT2D eigenvalue weighted by Gasteiger charge is -2.29. The lowest BCUT2D eigenvalue weighted by atomic mass is 9.77. The van der Waals surface area contributed by atoms with Gasteiger partial charge < -0.3 is 9.47 Å². The molecule has 7 heteroatoms. The van der Waals surface area contributed by atoms with Gasteiger partial charge in [-0.05, 0) is 42.0 Å². The monoisotopic (exact) mass is 460 g/mol. The number of carbonyl (C=O) groups excluding carboxylic acids is 1. The number of esters is 1. The maximum absolute atomic E-state index is 13.1. The summed E-state index contributed by atoms with van der Waals surface area (Å²) in [6, 6.07) is 16.2. The van der Waals surface area contributed by atoms with Gasteiger partial charge in [0.25, 0.3) is 0 Å². The summed E-state index contributed by atoms with van der Waals surface area (Å²) in [5.74, 6) is -0.302. The number of nitriles is 1. The van der Waals surface area contributed by atoms with Crippen molar-refractivity contribution in [2.24, 2.45) is 23.7 Å². The number of para-hydroxylation sites is 1. The first-order valence-electron chi connectivity index (χ1n) is 10.1. The van der Waals surface area contributed by atoms with Crippen molar-refractivity contribution >= 4 is 29.2 Å². The minimum atomic E-state index is -1.17. The zero-order chi connectivity index (χ0) is 23.0. The largest absolute Gasteiger partial charge is 0.440 e. The molecule has 2 rings (SSSR count). The topological polar surface area (TPSA) is 72.2 Å². The standard InChI is InChI=1S/C24H26Cl2N2O3/c1-15(2)18(13-21(25)26)23(16(3)4)24(29)31-20(14-27)19-11-8-12-22(28-19)30-17-9-6-5-7-10-17/h5-13,15-16,18,20,23H,1-4H3. The van der Waals surface area contributed by atoms with Crippen LogP contribution in [0.25, 0.3) is 0 Å². The van der Waals surface area contributed by atoms with E-state index >= 15 is 0 Å². The molecule has 0 saturated carbocycles. The molecule has 0 aliphatic carbocycles. The van der Waals surface area contributed by atoms with Gasteiger partial charge in [0.1, 0.15) is 16.3 Å². The molecule has 2 aromatic rings. The van der Waals surface area contributed by atoms with Crippen LogP contribution in [0.15, 0.2) is 59.1 Å². The van der Waals surface area contributed by atoms with Gasteiger partial charge in [-0.2, -0.15) is 5.26 Å². The normalized spacial score (nSPS) is 13.8. The van der Waals surface area contributed by atoms with E-state index in [9.17, 15) is 10.1 Å². The molecular weight excluding hydrogens is 435 g/mol. The summed E-state index contributed by atoms with van der Waals surface area (Å²) < 4.78 is 11.4. The summed E-state index contributed by atoms with van der Waals surface area (Å²) >= 11 is 11.8. The Labute approximate surface area is 193 Å². The highest BCUT2D eigenvalue weighted by Crippen LogP contribution is 2.33. The number of aromatic nitrogens is 1. The lowest BCUT2D eigenvalue weighted by Crippen LogP contribution is -2.33. The first kappa shape index (κ1) is 24.7. The molecule has 1 heterocycles. The van der Waals surface area contributed by atoms with Crippen LogP contribution in [0.3, 0.4) is 0 Å². The van der Waals surface area contributed by atoms with Crippen molar-refractivity contribution < 1.29 is 14.3 Å². The van der Waals surface area contributed by atoms with Crippen molar-refractivity contribution in [1.82, 2.24) is 4.98 Å². The third-order valence-corrected chi connectivity index (χ3v) is 5.08. The Morgan fingerprint density at radius 1 is 1.03 bits per heavy atom. The van der Waals surface area contributed by atoms with Gasteiger partial charge in [0.05, 0.1) is 11.6 Å².